The Morgan fingerprint density at radius 2 is 1.56 bits per heavy atom. The van der Waals surface area contributed by atoms with E-state index in [1.165, 1.54) is 0 Å². The molecular formula is C26H25N3O2S. The predicted molar refractivity (Wildman–Crippen MR) is 130 cm³/mol. The van der Waals surface area contributed by atoms with E-state index >= 15 is 0 Å². The van der Waals surface area contributed by atoms with Crippen molar-refractivity contribution in [3.63, 3.8) is 0 Å². The Morgan fingerprint density at radius 3 is 2.28 bits per heavy atom. The number of allylic oxidation sites excluding steroid dienone is 1. The third kappa shape index (κ3) is 5.15. The van der Waals surface area contributed by atoms with Gasteiger partial charge in [-0.3, -0.25) is 4.79 Å². The first kappa shape index (κ1) is 21.6. The van der Waals surface area contributed by atoms with Gasteiger partial charge < -0.3 is 20.7 Å². The van der Waals surface area contributed by atoms with Crippen LogP contribution in [0.15, 0.2) is 96.2 Å². The van der Waals surface area contributed by atoms with E-state index in [-0.39, 0.29) is 5.91 Å². The van der Waals surface area contributed by atoms with E-state index in [4.69, 9.17) is 17.0 Å². The van der Waals surface area contributed by atoms with Crippen molar-refractivity contribution in [3.05, 3.63) is 113 Å². The van der Waals surface area contributed by atoms with Crippen LogP contribution < -0.4 is 20.7 Å². The zero-order valence-corrected chi connectivity index (χ0v) is 18.6. The summed E-state index contributed by atoms with van der Waals surface area (Å²) >= 11 is 5.40. The zero-order chi connectivity index (χ0) is 22.3. The SMILES string of the molecule is CC1=C(C(=O)NCc2ccccc2)[C@H](c2ccccc2OCc2ccccc2)NC(=S)N1. The molecule has 1 heterocycles. The zero-order valence-electron chi connectivity index (χ0n) is 17.8. The maximum Gasteiger partial charge on any atom is 0.251 e. The molecule has 0 saturated heterocycles. The maximum absolute atomic E-state index is 13.2. The van der Waals surface area contributed by atoms with Gasteiger partial charge in [0.15, 0.2) is 5.11 Å². The molecule has 0 bridgehead atoms. The third-order valence-corrected chi connectivity index (χ3v) is 5.50. The molecule has 6 heteroatoms. The Hall–Kier alpha value is -3.64. The second-order valence-electron chi connectivity index (χ2n) is 7.55. The minimum Gasteiger partial charge on any atom is -0.489 e. The Labute approximate surface area is 193 Å². The number of amides is 1. The molecule has 0 fully saturated rings. The van der Waals surface area contributed by atoms with Crippen LogP contribution in [0.4, 0.5) is 0 Å². The van der Waals surface area contributed by atoms with Crippen LogP contribution in [0.1, 0.15) is 29.7 Å². The van der Waals surface area contributed by atoms with Crippen LogP contribution in [0.3, 0.4) is 0 Å². The fraction of sp³-hybridized carbons (Fsp3) is 0.154. The van der Waals surface area contributed by atoms with E-state index in [0.29, 0.717) is 29.6 Å². The molecule has 1 aliphatic rings. The summed E-state index contributed by atoms with van der Waals surface area (Å²) in [4.78, 5) is 13.2. The molecule has 4 rings (SSSR count). The molecule has 0 unspecified atom stereocenters. The summed E-state index contributed by atoms with van der Waals surface area (Å²) in [5.41, 5.74) is 4.28. The minimum absolute atomic E-state index is 0.156. The highest BCUT2D eigenvalue weighted by Gasteiger charge is 2.31. The van der Waals surface area contributed by atoms with E-state index in [1.54, 1.807) is 0 Å². The lowest BCUT2D eigenvalue weighted by atomic mass is 9.94. The number of ether oxygens (including phenoxy) is 1. The second-order valence-corrected chi connectivity index (χ2v) is 7.96. The quantitative estimate of drug-likeness (QED) is 0.473. The number of hydrogen-bond acceptors (Lipinski definition) is 3. The van der Waals surface area contributed by atoms with Gasteiger partial charge in [-0.05, 0) is 36.3 Å². The highest BCUT2D eigenvalue weighted by atomic mass is 32.1. The van der Waals surface area contributed by atoms with Gasteiger partial charge in [-0.2, -0.15) is 0 Å². The van der Waals surface area contributed by atoms with Gasteiger partial charge >= 0.3 is 0 Å². The molecule has 0 spiro atoms. The van der Waals surface area contributed by atoms with Crippen molar-refractivity contribution in [2.45, 2.75) is 26.1 Å². The first-order valence-corrected chi connectivity index (χ1v) is 10.9. The third-order valence-electron chi connectivity index (χ3n) is 5.28. The Bertz CT molecular complexity index is 1130. The van der Waals surface area contributed by atoms with Crippen molar-refractivity contribution in [2.75, 3.05) is 0 Å². The summed E-state index contributed by atoms with van der Waals surface area (Å²) in [6.45, 7) is 2.75. The average Bonchev–Trinajstić information content (AvgIpc) is 2.82. The molecule has 3 N–H and O–H groups in total. The van der Waals surface area contributed by atoms with Crippen LogP contribution in [0.2, 0.25) is 0 Å². The molecule has 5 nitrogen and oxygen atoms in total. The van der Waals surface area contributed by atoms with Crippen molar-refractivity contribution < 1.29 is 9.53 Å². The Kier molecular flexibility index (Phi) is 6.82. The smallest absolute Gasteiger partial charge is 0.251 e. The Balaban J connectivity index is 1.58. The summed E-state index contributed by atoms with van der Waals surface area (Å²) in [5, 5.41) is 9.84. The summed E-state index contributed by atoms with van der Waals surface area (Å²) in [5.74, 6) is 0.552. The van der Waals surface area contributed by atoms with Crippen LogP contribution in [-0.4, -0.2) is 11.0 Å². The van der Waals surface area contributed by atoms with Crippen LogP contribution in [0, 0.1) is 0 Å². The number of rotatable bonds is 7. The van der Waals surface area contributed by atoms with Crippen molar-refractivity contribution in [1.29, 1.82) is 0 Å². The van der Waals surface area contributed by atoms with Crippen molar-refractivity contribution in [2.24, 2.45) is 0 Å². The molecule has 1 atom stereocenters. The van der Waals surface area contributed by atoms with Gasteiger partial charge in [0, 0.05) is 17.8 Å². The molecule has 1 amide bonds. The van der Waals surface area contributed by atoms with Crippen molar-refractivity contribution >= 4 is 23.2 Å². The largest absolute Gasteiger partial charge is 0.489 e. The molecule has 0 radical (unpaired) electrons. The van der Waals surface area contributed by atoms with E-state index in [1.807, 2.05) is 91.9 Å². The van der Waals surface area contributed by atoms with E-state index in [9.17, 15) is 4.79 Å². The number of carbonyl (C=O) groups excluding carboxylic acids is 1. The van der Waals surface area contributed by atoms with Gasteiger partial charge in [-0.25, -0.2) is 0 Å². The summed E-state index contributed by atoms with van der Waals surface area (Å²) in [6.07, 6.45) is 0. The molecule has 0 saturated carbocycles. The first-order valence-electron chi connectivity index (χ1n) is 10.5. The fourth-order valence-electron chi connectivity index (χ4n) is 3.69. The molecule has 32 heavy (non-hydrogen) atoms. The van der Waals surface area contributed by atoms with Crippen LogP contribution >= 0.6 is 12.2 Å². The second kappa shape index (κ2) is 10.1. The van der Waals surface area contributed by atoms with Gasteiger partial charge in [0.25, 0.3) is 5.91 Å². The predicted octanol–water partition coefficient (Wildman–Crippen LogP) is 4.37. The first-order chi connectivity index (χ1) is 15.6. The lowest BCUT2D eigenvalue weighted by molar-refractivity contribution is -0.118. The standard InChI is InChI=1S/C26H25N3O2S/c1-18-23(25(30)27-16-19-10-4-2-5-11-19)24(29-26(32)28-18)21-14-8-9-15-22(21)31-17-20-12-6-3-7-13-20/h2-15,24H,16-17H2,1H3,(H,27,30)(H2,28,29,32)/t24-/m0/s1. The summed E-state index contributed by atoms with van der Waals surface area (Å²) < 4.78 is 6.15. The average molecular weight is 444 g/mol. The summed E-state index contributed by atoms with van der Waals surface area (Å²) in [6, 6.07) is 27.1. The minimum atomic E-state index is -0.425. The number of hydrogen-bond donors (Lipinski definition) is 3. The van der Waals surface area contributed by atoms with Crippen molar-refractivity contribution in [3.8, 4) is 5.75 Å². The fourth-order valence-corrected chi connectivity index (χ4v) is 3.96. The monoisotopic (exact) mass is 443 g/mol. The normalized spacial score (nSPS) is 15.5. The van der Waals surface area contributed by atoms with Gasteiger partial charge in [-0.15, -0.1) is 0 Å². The van der Waals surface area contributed by atoms with Gasteiger partial charge in [0.1, 0.15) is 12.4 Å². The highest BCUT2D eigenvalue weighted by Crippen LogP contribution is 2.33. The molecule has 3 aromatic carbocycles. The van der Waals surface area contributed by atoms with Crippen LogP contribution in [0.5, 0.6) is 5.75 Å². The van der Waals surface area contributed by atoms with E-state index in [2.05, 4.69) is 16.0 Å². The molecular weight excluding hydrogens is 418 g/mol. The lowest BCUT2D eigenvalue weighted by Crippen LogP contribution is -2.46. The van der Waals surface area contributed by atoms with E-state index < -0.39 is 6.04 Å². The van der Waals surface area contributed by atoms with Gasteiger partial charge in [-0.1, -0.05) is 78.9 Å². The molecule has 1 aliphatic heterocycles. The number of para-hydroxylation sites is 1. The molecule has 3 aromatic rings. The van der Waals surface area contributed by atoms with Crippen molar-refractivity contribution in [1.82, 2.24) is 16.0 Å². The molecule has 0 aromatic heterocycles. The highest BCUT2D eigenvalue weighted by molar-refractivity contribution is 7.80. The number of nitrogens with one attached hydrogen (secondary N) is 3. The Morgan fingerprint density at radius 1 is 0.938 bits per heavy atom. The van der Waals surface area contributed by atoms with Crippen LogP contribution in [0.25, 0.3) is 0 Å². The maximum atomic E-state index is 13.2. The van der Waals surface area contributed by atoms with Gasteiger partial charge in [0.2, 0.25) is 0 Å². The number of thiocarbonyl (C=S) groups is 1. The molecule has 0 aliphatic carbocycles. The summed E-state index contributed by atoms with van der Waals surface area (Å²) in [7, 11) is 0. The number of carbonyl (C=O) groups is 1. The number of benzene rings is 3. The lowest BCUT2D eigenvalue weighted by Gasteiger charge is -2.31. The van der Waals surface area contributed by atoms with Crippen LogP contribution in [-0.2, 0) is 17.9 Å². The molecule has 162 valence electrons. The van der Waals surface area contributed by atoms with Gasteiger partial charge in [0.05, 0.1) is 11.6 Å². The topological polar surface area (TPSA) is 62.4 Å². The van der Waals surface area contributed by atoms with E-state index in [0.717, 1.165) is 22.4 Å².